The van der Waals surface area contributed by atoms with Crippen LogP contribution in [0.15, 0.2) is 24.9 Å². The number of nitrogens with zero attached hydrogens (tertiary/aromatic N) is 1. The number of rotatable bonds is 7. The first-order chi connectivity index (χ1) is 8.19. The van der Waals surface area contributed by atoms with E-state index in [-0.39, 0.29) is 0 Å². The van der Waals surface area contributed by atoms with Gasteiger partial charge in [-0.2, -0.15) is 0 Å². The molecule has 0 aromatic carbocycles. The maximum absolute atomic E-state index is 4.59. The molecule has 0 amide bonds. The lowest BCUT2D eigenvalue weighted by atomic mass is 10.0. The summed E-state index contributed by atoms with van der Waals surface area (Å²) in [7, 11) is 0. The fourth-order valence-electron chi connectivity index (χ4n) is 2.03. The van der Waals surface area contributed by atoms with Crippen LogP contribution in [0.1, 0.15) is 49.0 Å². The van der Waals surface area contributed by atoms with Crippen LogP contribution < -0.4 is 5.32 Å². The van der Waals surface area contributed by atoms with Crippen molar-refractivity contribution in [3.8, 4) is 0 Å². The molecule has 1 atom stereocenters. The highest BCUT2D eigenvalue weighted by atomic mass is 14.9. The molecule has 1 N–H and O–H groups in total. The monoisotopic (exact) mass is 232 g/mol. The van der Waals surface area contributed by atoms with Crippen molar-refractivity contribution in [1.29, 1.82) is 0 Å². The number of hydrogen-bond donors (Lipinski definition) is 1. The summed E-state index contributed by atoms with van der Waals surface area (Å²) >= 11 is 0. The summed E-state index contributed by atoms with van der Waals surface area (Å²) in [4.78, 5) is 4.59. The van der Waals surface area contributed by atoms with Crippen LogP contribution in [0.25, 0.3) is 0 Å². The Hall–Kier alpha value is -1.15. The van der Waals surface area contributed by atoms with Crippen LogP contribution in [-0.4, -0.2) is 11.5 Å². The second-order valence-corrected chi connectivity index (χ2v) is 4.59. The molecule has 1 aromatic rings. The summed E-state index contributed by atoms with van der Waals surface area (Å²) in [5.74, 6) is 0. The first kappa shape index (κ1) is 13.9. The molecule has 0 aliphatic heterocycles. The highest BCUT2D eigenvalue weighted by Gasteiger charge is 2.13. The van der Waals surface area contributed by atoms with E-state index in [9.17, 15) is 0 Å². The van der Waals surface area contributed by atoms with Crippen LogP contribution in [-0.2, 0) is 0 Å². The van der Waals surface area contributed by atoms with Crippen molar-refractivity contribution < 1.29 is 0 Å². The van der Waals surface area contributed by atoms with Gasteiger partial charge in [0.25, 0.3) is 0 Å². The smallest absolute Gasteiger partial charge is 0.0602 e. The van der Waals surface area contributed by atoms with Crippen molar-refractivity contribution in [2.24, 2.45) is 0 Å². The molecule has 2 heteroatoms. The van der Waals surface area contributed by atoms with E-state index in [0.29, 0.717) is 6.04 Å². The molecule has 1 aromatic heterocycles. The summed E-state index contributed by atoms with van der Waals surface area (Å²) in [5.41, 5.74) is 3.69. The van der Waals surface area contributed by atoms with Gasteiger partial charge in [-0.05, 0) is 50.8 Å². The minimum atomic E-state index is 0.355. The van der Waals surface area contributed by atoms with Gasteiger partial charge in [0.2, 0.25) is 0 Å². The van der Waals surface area contributed by atoms with E-state index in [0.717, 1.165) is 25.8 Å². The van der Waals surface area contributed by atoms with Gasteiger partial charge in [-0.3, -0.25) is 4.98 Å². The Bertz CT molecular complexity index is 358. The van der Waals surface area contributed by atoms with Crippen molar-refractivity contribution in [1.82, 2.24) is 10.3 Å². The highest BCUT2D eigenvalue weighted by Crippen LogP contribution is 2.20. The fraction of sp³-hybridized carbons (Fsp3) is 0.533. The molecular weight excluding hydrogens is 208 g/mol. The molecule has 0 saturated carbocycles. The fourth-order valence-corrected chi connectivity index (χ4v) is 2.03. The quantitative estimate of drug-likeness (QED) is 0.725. The van der Waals surface area contributed by atoms with Crippen molar-refractivity contribution in [2.75, 3.05) is 6.54 Å². The first-order valence-corrected chi connectivity index (χ1v) is 6.46. The zero-order chi connectivity index (χ0) is 12.7. The molecule has 0 bridgehead atoms. The molecule has 0 fully saturated rings. The van der Waals surface area contributed by atoms with Gasteiger partial charge >= 0.3 is 0 Å². The molecular formula is C15H24N2. The van der Waals surface area contributed by atoms with Gasteiger partial charge in [0.1, 0.15) is 0 Å². The number of aromatic nitrogens is 1. The lowest BCUT2D eigenvalue weighted by molar-refractivity contribution is 0.490. The van der Waals surface area contributed by atoms with Crippen molar-refractivity contribution >= 4 is 0 Å². The minimum Gasteiger partial charge on any atom is -0.309 e. The van der Waals surface area contributed by atoms with Gasteiger partial charge in [0.15, 0.2) is 0 Å². The molecule has 0 radical (unpaired) electrons. The molecule has 0 spiro atoms. The standard InChI is InChI=1S/C15H24N2/c1-5-7-8-14(16-9-6-2)15-13(4)10-12(3)11-17-15/h5,10-11,14,16H,1,6-9H2,2-4H3. The Balaban J connectivity index is 2.82. The Kier molecular flexibility index (Phi) is 5.92. The van der Waals surface area contributed by atoms with E-state index >= 15 is 0 Å². The third-order valence-corrected chi connectivity index (χ3v) is 2.89. The molecule has 17 heavy (non-hydrogen) atoms. The third-order valence-electron chi connectivity index (χ3n) is 2.89. The largest absolute Gasteiger partial charge is 0.309 e. The molecule has 0 aliphatic rings. The Labute approximate surface area is 105 Å². The number of nitrogens with one attached hydrogen (secondary N) is 1. The van der Waals surface area contributed by atoms with Gasteiger partial charge in [-0.15, -0.1) is 6.58 Å². The molecule has 1 rings (SSSR count). The average Bonchev–Trinajstić information content (AvgIpc) is 2.30. The average molecular weight is 232 g/mol. The maximum Gasteiger partial charge on any atom is 0.0602 e. The summed E-state index contributed by atoms with van der Waals surface area (Å²) in [6, 6.07) is 2.56. The van der Waals surface area contributed by atoms with Crippen LogP contribution >= 0.6 is 0 Å². The summed E-state index contributed by atoms with van der Waals surface area (Å²) in [6.45, 7) is 11.2. The summed E-state index contributed by atoms with van der Waals surface area (Å²) < 4.78 is 0. The number of aryl methyl sites for hydroxylation is 2. The van der Waals surface area contributed by atoms with E-state index in [2.05, 4.69) is 43.7 Å². The van der Waals surface area contributed by atoms with E-state index in [1.165, 1.54) is 16.8 Å². The second-order valence-electron chi connectivity index (χ2n) is 4.59. The molecule has 1 unspecified atom stereocenters. The van der Waals surface area contributed by atoms with E-state index in [1.807, 2.05) is 12.3 Å². The Morgan fingerprint density at radius 2 is 2.24 bits per heavy atom. The van der Waals surface area contributed by atoms with Crippen molar-refractivity contribution in [3.05, 3.63) is 41.7 Å². The second kappa shape index (κ2) is 7.23. The SMILES string of the molecule is C=CCCC(NCCC)c1ncc(C)cc1C. The minimum absolute atomic E-state index is 0.355. The lowest BCUT2D eigenvalue weighted by Crippen LogP contribution is -2.23. The number of hydrogen-bond acceptors (Lipinski definition) is 2. The van der Waals surface area contributed by atoms with Crippen molar-refractivity contribution in [3.63, 3.8) is 0 Å². The first-order valence-electron chi connectivity index (χ1n) is 6.46. The normalized spacial score (nSPS) is 12.4. The number of allylic oxidation sites excluding steroid dienone is 1. The zero-order valence-electron chi connectivity index (χ0n) is 11.3. The molecule has 2 nitrogen and oxygen atoms in total. The molecule has 94 valence electrons. The maximum atomic E-state index is 4.59. The van der Waals surface area contributed by atoms with Crippen LogP contribution in [0.4, 0.5) is 0 Å². The number of pyridine rings is 1. The topological polar surface area (TPSA) is 24.9 Å². The Morgan fingerprint density at radius 1 is 1.47 bits per heavy atom. The molecule has 0 saturated heterocycles. The summed E-state index contributed by atoms with van der Waals surface area (Å²) in [5, 5.41) is 3.57. The predicted molar refractivity (Wildman–Crippen MR) is 74.2 cm³/mol. The third kappa shape index (κ3) is 4.31. The molecule has 1 heterocycles. The lowest BCUT2D eigenvalue weighted by Gasteiger charge is -2.19. The van der Waals surface area contributed by atoms with Crippen molar-refractivity contribution in [2.45, 2.75) is 46.1 Å². The van der Waals surface area contributed by atoms with Crippen LogP contribution in [0.3, 0.4) is 0 Å². The van der Waals surface area contributed by atoms with E-state index < -0.39 is 0 Å². The molecule has 0 aliphatic carbocycles. The van der Waals surface area contributed by atoms with Crippen LogP contribution in [0.2, 0.25) is 0 Å². The summed E-state index contributed by atoms with van der Waals surface area (Å²) in [6.07, 6.45) is 7.17. The van der Waals surface area contributed by atoms with Gasteiger partial charge in [0, 0.05) is 6.20 Å². The highest BCUT2D eigenvalue weighted by molar-refractivity contribution is 5.25. The van der Waals surface area contributed by atoms with Crippen LogP contribution in [0, 0.1) is 13.8 Å². The van der Waals surface area contributed by atoms with Gasteiger partial charge in [0.05, 0.1) is 11.7 Å². The van der Waals surface area contributed by atoms with Gasteiger partial charge in [-0.25, -0.2) is 0 Å². The van der Waals surface area contributed by atoms with Crippen LogP contribution in [0.5, 0.6) is 0 Å². The van der Waals surface area contributed by atoms with E-state index in [1.54, 1.807) is 0 Å². The predicted octanol–water partition coefficient (Wildman–Crippen LogP) is 3.71. The van der Waals surface area contributed by atoms with Gasteiger partial charge in [-0.1, -0.05) is 19.1 Å². The van der Waals surface area contributed by atoms with Gasteiger partial charge < -0.3 is 5.32 Å². The van der Waals surface area contributed by atoms with E-state index in [4.69, 9.17) is 0 Å². The Morgan fingerprint density at radius 3 is 2.82 bits per heavy atom. The zero-order valence-corrected chi connectivity index (χ0v) is 11.3.